The molecule has 0 aromatic rings. The van der Waals surface area contributed by atoms with Gasteiger partial charge < -0.3 is 0 Å². The molecular weight excluding hydrogens is 283 g/mol. The topological polar surface area (TPSA) is 0 Å². The van der Waals surface area contributed by atoms with Gasteiger partial charge >= 0.3 is 143 Å². The van der Waals surface area contributed by atoms with Gasteiger partial charge in [-0.15, -0.1) is 0 Å². The van der Waals surface area contributed by atoms with Crippen LogP contribution in [-0.4, -0.2) is 24.6 Å². The van der Waals surface area contributed by atoms with Crippen LogP contribution in [0.2, 0.25) is 0 Å². The first-order valence-corrected chi connectivity index (χ1v) is 13.6. The maximum atomic E-state index is 2.51. The van der Waals surface area contributed by atoms with E-state index in [9.17, 15) is 0 Å². The molecule has 136 valence electrons. The molecule has 0 saturated heterocycles. The van der Waals surface area contributed by atoms with Gasteiger partial charge in [-0.1, -0.05) is 0 Å². The Hall–Kier alpha value is 0.430. The third-order valence-electron chi connectivity index (χ3n) is 5.65. The van der Waals surface area contributed by atoms with Crippen LogP contribution in [0.5, 0.6) is 0 Å². The van der Waals surface area contributed by atoms with E-state index in [1.807, 2.05) is 0 Å². The van der Waals surface area contributed by atoms with Gasteiger partial charge in [0.05, 0.1) is 0 Å². The van der Waals surface area contributed by atoms with Crippen LogP contribution in [0.4, 0.5) is 0 Å². The van der Waals surface area contributed by atoms with Gasteiger partial charge in [0, 0.05) is 0 Å². The zero-order valence-corrected chi connectivity index (χ0v) is 17.5. The van der Waals surface area contributed by atoms with Crippen LogP contribution in [0.25, 0.3) is 0 Å². The van der Waals surface area contributed by atoms with Crippen molar-refractivity contribution in [3.8, 4) is 0 Å². The molecular formula is C21H47P. The first-order chi connectivity index (χ1) is 10.7. The summed E-state index contributed by atoms with van der Waals surface area (Å²) in [4.78, 5) is 0. The molecule has 1 heteroatoms. The Morgan fingerprint density at radius 1 is 0.409 bits per heavy atom. The zero-order chi connectivity index (χ0) is 16.5. The third-order valence-corrected chi connectivity index (χ3v) is 11.5. The first kappa shape index (κ1) is 22.4. The molecule has 0 radical (unpaired) electrons. The van der Waals surface area contributed by atoms with Crippen LogP contribution in [0.15, 0.2) is 0 Å². The normalized spacial score (nSPS) is 12.7. The standard InChI is InChI=1S/C21H47P/c1-5-9-11-13-15-17-20-22(8-4,19-7-3)21-18-16-14-12-10-6-2/h22H,5-21H2,1-4H3. The van der Waals surface area contributed by atoms with Gasteiger partial charge in [0.2, 0.25) is 0 Å². The minimum atomic E-state index is -0.906. The van der Waals surface area contributed by atoms with E-state index < -0.39 is 7.26 Å². The molecule has 0 rings (SSSR count). The summed E-state index contributed by atoms with van der Waals surface area (Å²) >= 11 is 0. The van der Waals surface area contributed by atoms with Crippen LogP contribution in [0, 0.1) is 0 Å². The molecule has 0 amide bonds. The second kappa shape index (κ2) is 16.3. The summed E-state index contributed by atoms with van der Waals surface area (Å²) in [6.45, 7) is 9.56. The van der Waals surface area contributed by atoms with Crippen molar-refractivity contribution in [3.05, 3.63) is 0 Å². The van der Waals surface area contributed by atoms with Crippen molar-refractivity contribution in [2.24, 2.45) is 0 Å². The van der Waals surface area contributed by atoms with E-state index >= 15 is 0 Å². The first-order valence-electron chi connectivity index (χ1n) is 10.7. The number of hydrogen-bond donors (Lipinski definition) is 0. The summed E-state index contributed by atoms with van der Waals surface area (Å²) in [6, 6.07) is 0. The Balaban J connectivity index is 3.95. The van der Waals surface area contributed by atoms with Crippen molar-refractivity contribution < 1.29 is 0 Å². The molecule has 0 aliphatic heterocycles. The Labute approximate surface area is 143 Å². The van der Waals surface area contributed by atoms with Gasteiger partial charge in [0.1, 0.15) is 0 Å². The number of unbranched alkanes of at least 4 members (excludes halogenated alkanes) is 10. The van der Waals surface area contributed by atoms with E-state index in [2.05, 4.69) is 27.7 Å². The number of hydrogen-bond acceptors (Lipinski definition) is 0. The summed E-state index contributed by atoms with van der Waals surface area (Å²) in [5.74, 6) is 0. The van der Waals surface area contributed by atoms with E-state index in [4.69, 9.17) is 0 Å². The van der Waals surface area contributed by atoms with Crippen molar-refractivity contribution in [3.63, 3.8) is 0 Å². The van der Waals surface area contributed by atoms with Gasteiger partial charge in [0.25, 0.3) is 0 Å². The minimum absolute atomic E-state index is 0.906. The van der Waals surface area contributed by atoms with Crippen LogP contribution in [0.3, 0.4) is 0 Å². The molecule has 0 bridgehead atoms. The Morgan fingerprint density at radius 2 is 0.818 bits per heavy atom. The average molecular weight is 331 g/mol. The molecule has 22 heavy (non-hydrogen) atoms. The third kappa shape index (κ3) is 11.9. The van der Waals surface area contributed by atoms with Crippen molar-refractivity contribution in [2.75, 3.05) is 24.6 Å². The predicted molar refractivity (Wildman–Crippen MR) is 111 cm³/mol. The molecule has 0 atom stereocenters. The molecule has 0 nitrogen and oxygen atoms in total. The van der Waals surface area contributed by atoms with Crippen LogP contribution < -0.4 is 0 Å². The van der Waals surface area contributed by atoms with Crippen molar-refractivity contribution in [1.82, 2.24) is 0 Å². The molecule has 0 saturated carbocycles. The zero-order valence-electron chi connectivity index (χ0n) is 16.5. The molecule has 0 N–H and O–H groups in total. The summed E-state index contributed by atoms with van der Waals surface area (Å²) in [7, 11) is -0.906. The van der Waals surface area contributed by atoms with Crippen LogP contribution >= 0.6 is 7.26 Å². The van der Waals surface area contributed by atoms with E-state index in [1.54, 1.807) is 37.5 Å². The van der Waals surface area contributed by atoms with Gasteiger partial charge in [-0.2, -0.15) is 0 Å². The van der Waals surface area contributed by atoms with Crippen LogP contribution in [0.1, 0.15) is 111 Å². The summed E-state index contributed by atoms with van der Waals surface area (Å²) in [5, 5.41) is 0. The van der Waals surface area contributed by atoms with Crippen molar-refractivity contribution in [1.29, 1.82) is 0 Å². The monoisotopic (exact) mass is 330 g/mol. The average Bonchev–Trinajstić information content (AvgIpc) is 2.54. The molecule has 0 aliphatic rings. The summed E-state index contributed by atoms with van der Waals surface area (Å²) in [5.41, 5.74) is 0. The fraction of sp³-hybridized carbons (Fsp3) is 1.00. The van der Waals surface area contributed by atoms with E-state index in [1.165, 1.54) is 70.6 Å². The van der Waals surface area contributed by atoms with Gasteiger partial charge in [-0.3, -0.25) is 0 Å². The second-order valence-corrected chi connectivity index (χ2v) is 12.8. The summed E-state index contributed by atoms with van der Waals surface area (Å²) in [6.07, 6.45) is 25.5. The molecule has 0 heterocycles. The second-order valence-electron chi connectivity index (χ2n) is 7.64. The Morgan fingerprint density at radius 3 is 1.18 bits per heavy atom. The SMILES string of the molecule is CCCCCCCC[PH](CC)(CCC)CCCCCCCC. The predicted octanol–water partition coefficient (Wildman–Crippen LogP) is 7.89. The fourth-order valence-corrected chi connectivity index (χ4v) is 8.87. The molecule has 0 unspecified atom stereocenters. The van der Waals surface area contributed by atoms with Gasteiger partial charge in [0.15, 0.2) is 0 Å². The number of rotatable bonds is 17. The van der Waals surface area contributed by atoms with E-state index in [0.717, 1.165) is 0 Å². The van der Waals surface area contributed by atoms with Gasteiger partial charge in [-0.25, -0.2) is 0 Å². The molecule has 0 fully saturated rings. The molecule has 0 aliphatic carbocycles. The maximum absolute atomic E-state index is 2.51. The van der Waals surface area contributed by atoms with Crippen molar-refractivity contribution >= 4 is 7.26 Å². The molecule has 0 aromatic heterocycles. The van der Waals surface area contributed by atoms with Crippen LogP contribution in [-0.2, 0) is 0 Å². The quantitative estimate of drug-likeness (QED) is 0.188. The molecule has 0 aromatic carbocycles. The van der Waals surface area contributed by atoms with Gasteiger partial charge in [-0.05, 0) is 0 Å². The van der Waals surface area contributed by atoms with E-state index in [0.29, 0.717) is 0 Å². The van der Waals surface area contributed by atoms with Crippen molar-refractivity contribution in [2.45, 2.75) is 111 Å². The fourth-order valence-electron chi connectivity index (χ4n) is 4.00. The van der Waals surface area contributed by atoms with E-state index in [-0.39, 0.29) is 0 Å². The summed E-state index contributed by atoms with van der Waals surface area (Å²) < 4.78 is 0. The Kier molecular flexibility index (Phi) is 16.6. The molecule has 0 spiro atoms. The Bertz CT molecular complexity index is 196.